The number of thiophene rings is 1. The lowest BCUT2D eigenvalue weighted by atomic mass is 10.1. The number of hydrogen-bond acceptors (Lipinski definition) is 8. The Morgan fingerprint density at radius 3 is 2.97 bits per heavy atom. The first-order chi connectivity index (χ1) is 13.9. The second kappa shape index (κ2) is 6.65. The third kappa shape index (κ3) is 3.11. The van der Waals surface area contributed by atoms with Crippen LogP contribution in [0.5, 0.6) is 5.75 Å². The van der Waals surface area contributed by atoms with Crippen molar-refractivity contribution in [1.82, 2.24) is 24.5 Å². The summed E-state index contributed by atoms with van der Waals surface area (Å²) in [7, 11) is -1.61. The van der Waals surface area contributed by atoms with Crippen molar-refractivity contribution in [1.29, 1.82) is 0 Å². The molecule has 4 aromatic rings. The summed E-state index contributed by atoms with van der Waals surface area (Å²) in [4.78, 5) is 10.7. The van der Waals surface area contributed by atoms with Crippen LogP contribution in [0.2, 0.25) is 0 Å². The molecule has 1 aliphatic rings. The zero-order chi connectivity index (χ0) is 20.2. The summed E-state index contributed by atoms with van der Waals surface area (Å²) in [5.41, 5.74) is 2.76. The van der Waals surface area contributed by atoms with Gasteiger partial charge in [-0.1, -0.05) is 0 Å². The van der Waals surface area contributed by atoms with Gasteiger partial charge in [0.2, 0.25) is 10.0 Å². The predicted octanol–water partition coefficient (Wildman–Crippen LogP) is 2.64. The molecule has 4 heterocycles. The molecule has 5 rings (SSSR count). The number of rotatable bonds is 4. The van der Waals surface area contributed by atoms with Gasteiger partial charge >= 0.3 is 0 Å². The summed E-state index contributed by atoms with van der Waals surface area (Å²) in [5, 5.41) is 12.3. The van der Waals surface area contributed by atoms with Crippen LogP contribution in [0.15, 0.2) is 24.7 Å². The Balaban J connectivity index is 1.59. The van der Waals surface area contributed by atoms with Crippen molar-refractivity contribution in [3.63, 3.8) is 0 Å². The van der Waals surface area contributed by atoms with E-state index in [4.69, 9.17) is 4.74 Å². The monoisotopic (exact) mass is 430 g/mol. The van der Waals surface area contributed by atoms with E-state index in [0.717, 1.165) is 37.2 Å². The van der Waals surface area contributed by atoms with E-state index in [1.165, 1.54) is 28.2 Å². The molecule has 1 aliphatic heterocycles. The molecule has 0 radical (unpaired) electrons. The average molecular weight is 431 g/mol. The molecule has 11 heteroatoms. The van der Waals surface area contributed by atoms with Crippen molar-refractivity contribution in [3.8, 4) is 5.75 Å². The number of fused-ring (bicyclic) bond motifs is 4. The average Bonchev–Trinajstić information content (AvgIpc) is 3.30. The third-order valence-electron chi connectivity index (χ3n) is 5.08. The van der Waals surface area contributed by atoms with Crippen LogP contribution in [-0.4, -0.2) is 52.8 Å². The van der Waals surface area contributed by atoms with Crippen molar-refractivity contribution >= 4 is 54.0 Å². The summed E-state index contributed by atoms with van der Waals surface area (Å²) >= 11 is 1.51. The normalized spacial score (nSPS) is 15.0. The van der Waals surface area contributed by atoms with Crippen molar-refractivity contribution in [3.05, 3.63) is 35.1 Å². The molecule has 0 atom stereocenters. The summed E-state index contributed by atoms with van der Waals surface area (Å²) in [6, 6.07) is 3.84. The van der Waals surface area contributed by atoms with E-state index in [2.05, 4.69) is 25.5 Å². The molecule has 3 aromatic heterocycles. The van der Waals surface area contributed by atoms with E-state index in [-0.39, 0.29) is 0 Å². The number of ether oxygens (including phenoxy) is 1. The van der Waals surface area contributed by atoms with Crippen LogP contribution in [0.1, 0.15) is 10.4 Å². The lowest BCUT2D eigenvalue weighted by molar-refractivity contribution is 0.400. The largest absolute Gasteiger partial charge is 0.494 e. The zero-order valence-electron chi connectivity index (χ0n) is 15.8. The molecule has 0 saturated heterocycles. The highest BCUT2D eigenvalue weighted by molar-refractivity contribution is 7.88. The summed E-state index contributed by atoms with van der Waals surface area (Å²) in [5.74, 6) is 1.35. The van der Waals surface area contributed by atoms with Gasteiger partial charge in [0.25, 0.3) is 0 Å². The predicted molar refractivity (Wildman–Crippen MR) is 112 cm³/mol. The van der Waals surface area contributed by atoms with Gasteiger partial charge in [-0.3, -0.25) is 5.10 Å². The Morgan fingerprint density at radius 2 is 2.17 bits per heavy atom. The van der Waals surface area contributed by atoms with Crippen LogP contribution in [0, 0.1) is 0 Å². The molecule has 0 saturated carbocycles. The number of aromatic amines is 1. The molecular formula is C18H18N6O3S2. The maximum absolute atomic E-state index is 11.9. The number of sulfonamides is 1. The Morgan fingerprint density at radius 1 is 1.31 bits per heavy atom. The van der Waals surface area contributed by atoms with Gasteiger partial charge in [-0.05, 0) is 18.1 Å². The Hall–Kier alpha value is -2.76. The van der Waals surface area contributed by atoms with Crippen LogP contribution in [0.4, 0.5) is 11.5 Å². The zero-order valence-corrected chi connectivity index (χ0v) is 17.4. The topological polar surface area (TPSA) is 113 Å². The molecule has 0 fully saturated rings. The second-order valence-corrected chi connectivity index (χ2v) is 9.95. The Bertz CT molecular complexity index is 1340. The maximum atomic E-state index is 11.9. The number of anilines is 2. The quantitative estimate of drug-likeness (QED) is 0.512. The summed E-state index contributed by atoms with van der Waals surface area (Å²) in [6.07, 6.45) is 5.14. The highest BCUT2D eigenvalue weighted by Gasteiger charge is 2.28. The molecule has 9 nitrogen and oxygen atoms in total. The van der Waals surface area contributed by atoms with E-state index in [0.29, 0.717) is 31.1 Å². The highest BCUT2D eigenvalue weighted by Crippen LogP contribution is 2.40. The van der Waals surface area contributed by atoms with Gasteiger partial charge in [0.15, 0.2) is 0 Å². The SMILES string of the molecule is COc1cc2[nH]ncc2cc1Nc1ncnc2sc3c(c12)CCN(S(C)(=O)=O)C3. The van der Waals surface area contributed by atoms with Gasteiger partial charge < -0.3 is 10.1 Å². The molecule has 0 amide bonds. The van der Waals surface area contributed by atoms with Crippen LogP contribution >= 0.6 is 11.3 Å². The van der Waals surface area contributed by atoms with E-state index in [1.54, 1.807) is 13.3 Å². The molecule has 0 spiro atoms. The van der Waals surface area contributed by atoms with Gasteiger partial charge in [-0.25, -0.2) is 18.4 Å². The Labute approximate surface area is 170 Å². The van der Waals surface area contributed by atoms with Crippen LogP contribution in [0.3, 0.4) is 0 Å². The first kappa shape index (κ1) is 18.3. The molecule has 29 heavy (non-hydrogen) atoms. The van der Waals surface area contributed by atoms with Gasteiger partial charge in [-0.15, -0.1) is 11.3 Å². The lowest BCUT2D eigenvalue weighted by Crippen LogP contribution is -2.34. The van der Waals surface area contributed by atoms with Gasteiger partial charge in [0.05, 0.1) is 36.2 Å². The molecule has 2 N–H and O–H groups in total. The number of methoxy groups -OCH3 is 1. The first-order valence-electron chi connectivity index (χ1n) is 8.92. The standard InChI is InChI=1S/C18H18N6O3S2/c1-27-14-6-12-10(7-21-23-12)5-13(14)22-17-16-11-3-4-24(29(2,25)26)8-15(11)28-18(16)20-9-19-17/h5-7,9H,3-4,8H2,1-2H3,(H,21,23)(H,19,20,22). The van der Waals surface area contributed by atoms with Crippen molar-refractivity contribution < 1.29 is 13.2 Å². The molecular weight excluding hydrogens is 412 g/mol. The second-order valence-electron chi connectivity index (χ2n) is 6.89. The Kier molecular flexibility index (Phi) is 4.19. The number of aromatic nitrogens is 4. The maximum Gasteiger partial charge on any atom is 0.211 e. The molecule has 0 bridgehead atoms. The number of hydrogen-bond donors (Lipinski definition) is 2. The minimum atomic E-state index is -3.23. The third-order valence-corrected chi connectivity index (χ3v) is 7.46. The summed E-state index contributed by atoms with van der Waals surface area (Å²) in [6.45, 7) is 0.829. The fraction of sp³-hybridized carbons (Fsp3) is 0.278. The van der Waals surface area contributed by atoms with Gasteiger partial charge in [0, 0.05) is 29.4 Å². The fourth-order valence-electron chi connectivity index (χ4n) is 3.65. The van der Waals surface area contributed by atoms with Crippen LogP contribution in [-0.2, 0) is 23.0 Å². The van der Waals surface area contributed by atoms with Gasteiger partial charge in [0.1, 0.15) is 22.7 Å². The van der Waals surface area contributed by atoms with Crippen molar-refractivity contribution in [2.75, 3.05) is 25.2 Å². The van der Waals surface area contributed by atoms with Crippen molar-refractivity contribution in [2.24, 2.45) is 0 Å². The van der Waals surface area contributed by atoms with E-state index < -0.39 is 10.0 Å². The van der Waals surface area contributed by atoms with Crippen LogP contribution in [0.25, 0.3) is 21.1 Å². The fourth-order valence-corrected chi connectivity index (χ4v) is 5.72. The van der Waals surface area contributed by atoms with E-state index >= 15 is 0 Å². The highest BCUT2D eigenvalue weighted by atomic mass is 32.2. The van der Waals surface area contributed by atoms with Gasteiger partial charge in [-0.2, -0.15) is 9.40 Å². The van der Waals surface area contributed by atoms with E-state index in [1.807, 2.05) is 12.1 Å². The molecule has 1 aromatic carbocycles. The number of H-pyrrole nitrogens is 1. The number of benzene rings is 1. The van der Waals surface area contributed by atoms with Crippen molar-refractivity contribution in [2.45, 2.75) is 13.0 Å². The number of nitrogens with one attached hydrogen (secondary N) is 2. The minimum absolute atomic E-state index is 0.374. The summed E-state index contributed by atoms with van der Waals surface area (Å²) < 4.78 is 30.9. The molecule has 150 valence electrons. The number of nitrogens with zero attached hydrogens (tertiary/aromatic N) is 4. The van der Waals surface area contributed by atoms with E-state index in [9.17, 15) is 8.42 Å². The van der Waals surface area contributed by atoms with Crippen LogP contribution < -0.4 is 10.1 Å². The molecule has 0 unspecified atom stereocenters. The smallest absolute Gasteiger partial charge is 0.211 e. The lowest BCUT2D eigenvalue weighted by Gasteiger charge is -2.24. The first-order valence-corrected chi connectivity index (χ1v) is 11.6. The molecule has 0 aliphatic carbocycles. The minimum Gasteiger partial charge on any atom is -0.494 e.